The van der Waals surface area contributed by atoms with Crippen molar-refractivity contribution in [1.29, 1.82) is 0 Å². The van der Waals surface area contributed by atoms with Crippen LogP contribution in [-0.4, -0.2) is 41.2 Å². The average Bonchev–Trinajstić information content (AvgIpc) is 2.76. The highest BCUT2D eigenvalue weighted by atomic mass is 35.5. The molecule has 6 nitrogen and oxygen atoms in total. The summed E-state index contributed by atoms with van der Waals surface area (Å²) in [6, 6.07) is 9.38. The van der Waals surface area contributed by atoms with Gasteiger partial charge in [-0.3, -0.25) is 14.4 Å². The van der Waals surface area contributed by atoms with Crippen LogP contribution in [-0.2, 0) is 4.79 Å². The number of piperidine rings is 1. The van der Waals surface area contributed by atoms with Gasteiger partial charge < -0.3 is 15.5 Å². The van der Waals surface area contributed by atoms with Gasteiger partial charge in [0.25, 0.3) is 11.8 Å². The second kappa shape index (κ2) is 10.4. The van der Waals surface area contributed by atoms with Crippen molar-refractivity contribution >= 4 is 46.6 Å². The first-order valence-corrected chi connectivity index (χ1v) is 11.4. The molecule has 2 aromatic rings. The molecule has 2 unspecified atom stereocenters. The fraction of sp³-hybridized carbons (Fsp3) is 0.375. The minimum atomic E-state index is -0.813. The Morgan fingerprint density at radius 3 is 2.56 bits per heavy atom. The van der Waals surface area contributed by atoms with Crippen molar-refractivity contribution in [3.63, 3.8) is 0 Å². The van der Waals surface area contributed by atoms with Crippen molar-refractivity contribution in [2.24, 2.45) is 0 Å². The number of hydrogen-bond acceptors (Lipinski definition) is 3. The molecule has 3 rings (SSSR count). The van der Waals surface area contributed by atoms with Crippen molar-refractivity contribution < 1.29 is 14.4 Å². The summed E-state index contributed by atoms with van der Waals surface area (Å²) in [5.41, 5.74) is 2.15. The maximum absolute atomic E-state index is 12.9. The number of likely N-dealkylation sites (tertiary alicyclic amines) is 1. The van der Waals surface area contributed by atoms with Crippen LogP contribution in [0.3, 0.4) is 0 Å². The molecule has 1 heterocycles. The van der Waals surface area contributed by atoms with Crippen LogP contribution in [0.15, 0.2) is 36.4 Å². The highest BCUT2D eigenvalue weighted by molar-refractivity contribution is 6.43. The van der Waals surface area contributed by atoms with Gasteiger partial charge in [-0.1, -0.05) is 29.3 Å². The molecule has 0 bridgehead atoms. The minimum Gasteiger partial charge on any atom is -0.340 e. The molecule has 1 fully saturated rings. The van der Waals surface area contributed by atoms with E-state index < -0.39 is 11.9 Å². The molecular weight excluding hydrogens is 449 g/mol. The van der Waals surface area contributed by atoms with Gasteiger partial charge in [0.2, 0.25) is 5.91 Å². The molecule has 0 spiro atoms. The molecule has 32 heavy (non-hydrogen) atoms. The van der Waals surface area contributed by atoms with E-state index in [1.165, 1.54) is 6.07 Å². The van der Waals surface area contributed by atoms with Crippen LogP contribution in [0, 0.1) is 6.92 Å². The van der Waals surface area contributed by atoms with Crippen LogP contribution in [0.25, 0.3) is 0 Å². The summed E-state index contributed by atoms with van der Waals surface area (Å²) in [6.07, 6.45) is 3.18. The number of benzene rings is 2. The monoisotopic (exact) mass is 475 g/mol. The predicted octanol–water partition coefficient (Wildman–Crippen LogP) is 5.07. The van der Waals surface area contributed by atoms with Gasteiger partial charge in [-0.25, -0.2) is 0 Å². The van der Waals surface area contributed by atoms with E-state index in [4.69, 9.17) is 23.2 Å². The molecule has 0 aromatic heterocycles. The van der Waals surface area contributed by atoms with E-state index in [1.807, 2.05) is 11.8 Å². The summed E-state index contributed by atoms with van der Waals surface area (Å²) in [6.45, 7) is 6.26. The number of amides is 3. The van der Waals surface area contributed by atoms with Gasteiger partial charge in [0.05, 0.1) is 15.6 Å². The number of hydrogen-bond donors (Lipinski definition) is 2. The van der Waals surface area contributed by atoms with Crippen LogP contribution in [0.1, 0.15) is 59.4 Å². The second-order valence-corrected chi connectivity index (χ2v) is 8.94. The molecule has 170 valence electrons. The zero-order chi connectivity index (χ0) is 23.4. The van der Waals surface area contributed by atoms with Crippen molar-refractivity contribution in [3.05, 3.63) is 63.1 Å². The molecule has 2 atom stereocenters. The molecule has 1 saturated heterocycles. The Labute approximate surface area is 198 Å². The first kappa shape index (κ1) is 24.1. The maximum atomic E-state index is 12.9. The van der Waals surface area contributed by atoms with E-state index in [0.29, 0.717) is 11.3 Å². The first-order chi connectivity index (χ1) is 15.2. The Bertz CT molecular complexity index is 1040. The van der Waals surface area contributed by atoms with E-state index >= 15 is 0 Å². The quantitative estimate of drug-likeness (QED) is 0.632. The normalized spacial score (nSPS) is 16.9. The molecule has 1 aliphatic rings. The predicted molar refractivity (Wildman–Crippen MR) is 128 cm³/mol. The molecule has 0 radical (unpaired) electrons. The summed E-state index contributed by atoms with van der Waals surface area (Å²) in [5.74, 6) is -0.867. The molecule has 0 aliphatic carbocycles. The first-order valence-electron chi connectivity index (χ1n) is 10.7. The van der Waals surface area contributed by atoms with E-state index in [2.05, 4.69) is 17.6 Å². The van der Waals surface area contributed by atoms with Gasteiger partial charge in [-0.2, -0.15) is 0 Å². The highest BCUT2D eigenvalue weighted by Crippen LogP contribution is 2.26. The smallest absolute Gasteiger partial charge is 0.254 e. The van der Waals surface area contributed by atoms with E-state index in [0.717, 1.165) is 31.4 Å². The number of carbonyl (C=O) groups is 3. The van der Waals surface area contributed by atoms with Crippen molar-refractivity contribution in [2.75, 3.05) is 11.9 Å². The lowest BCUT2D eigenvalue weighted by Crippen LogP contribution is -2.42. The molecule has 2 aromatic carbocycles. The molecule has 2 N–H and O–H groups in total. The molecule has 1 aliphatic heterocycles. The number of nitrogens with one attached hydrogen (secondary N) is 2. The highest BCUT2D eigenvalue weighted by Gasteiger charge is 2.25. The second-order valence-electron chi connectivity index (χ2n) is 8.16. The van der Waals surface area contributed by atoms with E-state index in [1.54, 1.807) is 37.3 Å². The molecule has 3 amide bonds. The zero-order valence-corrected chi connectivity index (χ0v) is 19.9. The van der Waals surface area contributed by atoms with Gasteiger partial charge in [0.15, 0.2) is 0 Å². The lowest BCUT2D eigenvalue weighted by molar-refractivity contribution is -0.117. The van der Waals surface area contributed by atoms with Crippen LogP contribution in [0.4, 0.5) is 5.69 Å². The molecule has 8 heteroatoms. The Morgan fingerprint density at radius 1 is 1.12 bits per heavy atom. The zero-order valence-electron chi connectivity index (χ0n) is 18.4. The Kier molecular flexibility index (Phi) is 7.80. The van der Waals surface area contributed by atoms with Gasteiger partial charge in [-0.15, -0.1) is 0 Å². The number of nitrogens with zero attached hydrogens (tertiary/aromatic N) is 1. The third-order valence-electron chi connectivity index (χ3n) is 5.73. The molecule has 0 saturated carbocycles. The third-order valence-corrected chi connectivity index (χ3v) is 6.55. The van der Waals surface area contributed by atoms with Crippen LogP contribution in [0.5, 0.6) is 0 Å². The average molecular weight is 476 g/mol. The number of aryl methyl sites for hydroxylation is 1. The maximum Gasteiger partial charge on any atom is 0.254 e. The van der Waals surface area contributed by atoms with E-state index in [9.17, 15) is 14.4 Å². The minimum absolute atomic E-state index is 0.0113. The van der Waals surface area contributed by atoms with Gasteiger partial charge in [-0.05, 0) is 75.9 Å². The fourth-order valence-corrected chi connectivity index (χ4v) is 4.15. The topological polar surface area (TPSA) is 78.5 Å². The summed E-state index contributed by atoms with van der Waals surface area (Å²) < 4.78 is 0. The Hall–Kier alpha value is -2.57. The summed E-state index contributed by atoms with van der Waals surface area (Å²) in [4.78, 5) is 39.9. The van der Waals surface area contributed by atoms with Crippen molar-refractivity contribution in [1.82, 2.24) is 10.2 Å². The summed E-state index contributed by atoms with van der Waals surface area (Å²) in [5, 5.41) is 5.84. The van der Waals surface area contributed by atoms with Gasteiger partial charge >= 0.3 is 0 Å². The largest absolute Gasteiger partial charge is 0.340 e. The fourth-order valence-electron chi connectivity index (χ4n) is 3.76. The van der Waals surface area contributed by atoms with E-state index in [-0.39, 0.29) is 33.5 Å². The summed E-state index contributed by atoms with van der Waals surface area (Å²) in [7, 11) is 0. The summed E-state index contributed by atoms with van der Waals surface area (Å²) >= 11 is 12.0. The standard InChI is InChI=1S/C24H27Cl2N3O3/c1-14-13-17(24(32)29-12-5-4-7-15(29)2)10-11-20(14)28-22(30)16(3)27-23(31)18-8-6-9-19(25)21(18)26/h6,8-11,13,15-16H,4-5,7,12H2,1-3H3,(H,27,31)(H,28,30). The number of halogens is 2. The van der Waals surface area contributed by atoms with Crippen molar-refractivity contribution in [2.45, 2.75) is 52.1 Å². The Morgan fingerprint density at radius 2 is 1.88 bits per heavy atom. The lowest BCUT2D eigenvalue weighted by Gasteiger charge is -2.33. The number of carbonyl (C=O) groups excluding carboxylic acids is 3. The van der Waals surface area contributed by atoms with Crippen LogP contribution in [0.2, 0.25) is 10.0 Å². The SMILES string of the molecule is Cc1cc(C(=O)N2CCCCC2C)ccc1NC(=O)C(C)NC(=O)c1cccc(Cl)c1Cl. The number of anilines is 1. The molecular formula is C24H27Cl2N3O3. The Balaban J connectivity index is 1.65. The third kappa shape index (κ3) is 5.43. The van der Waals surface area contributed by atoms with Crippen LogP contribution >= 0.6 is 23.2 Å². The lowest BCUT2D eigenvalue weighted by atomic mass is 10.0. The van der Waals surface area contributed by atoms with Crippen molar-refractivity contribution in [3.8, 4) is 0 Å². The van der Waals surface area contributed by atoms with Gasteiger partial charge in [0.1, 0.15) is 6.04 Å². The number of rotatable bonds is 5. The van der Waals surface area contributed by atoms with Crippen LogP contribution < -0.4 is 10.6 Å². The van der Waals surface area contributed by atoms with Gasteiger partial charge in [0, 0.05) is 23.8 Å².